The maximum Gasteiger partial charge on any atom is 0.330 e. The van der Waals surface area contributed by atoms with Gasteiger partial charge in [0.1, 0.15) is 18.3 Å². The molecule has 1 fully saturated rings. The summed E-state index contributed by atoms with van der Waals surface area (Å²) in [4.78, 5) is 25.9. The van der Waals surface area contributed by atoms with Crippen LogP contribution in [-0.2, 0) is 16.2 Å². The van der Waals surface area contributed by atoms with Gasteiger partial charge < -0.3 is 20.1 Å². The van der Waals surface area contributed by atoms with E-state index in [-0.39, 0.29) is 0 Å². The zero-order chi connectivity index (χ0) is 14.4. The van der Waals surface area contributed by atoms with Crippen LogP contribution in [0.5, 0.6) is 0 Å². The van der Waals surface area contributed by atoms with E-state index in [2.05, 4.69) is 4.98 Å². The fourth-order valence-corrected chi connectivity index (χ4v) is 3.66. The molecular formula is C11H14N2O6S. The average molecular weight is 302 g/mol. The smallest absolute Gasteiger partial charge is 0.330 e. The van der Waals surface area contributed by atoms with E-state index in [4.69, 9.17) is 9.84 Å². The van der Waals surface area contributed by atoms with Crippen LogP contribution < -0.4 is 11.2 Å². The maximum atomic E-state index is 12.0. The van der Waals surface area contributed by atoms with Gasteiger partial charge >= 0.3 is 5.69 Å². The van der Waals surface area contributed by atoms with E-state index in [1.807, 2.05) is 0 Å². The van der Waals surface area contributed by atoms with E-state index in [0.717, 1.165) is 0 Å². The zero-order valence-corrected chi connectivity index (χ0v) is 11.2. The van der Waals surface area contributed by atoms with Gasteiger partial charge in [0.25, 0.3) is 5.56 Å². The van der Waals surface area contributed by atoms with Gasteiger partial charge in [-0.2, -0.15) is 11.8 Å². The molecule has 4 N–H and O–H groups in total. The van der Waals surface area contributed by atoms with Crippen LogP contribution in [0.25, 0.3) is 0 Å². The number of nitrogens with zero attached hydrogens (tertiary/aromatic N) is 1. The van der Waals surface area contributed by atoms with Gasteiger partial charge in [0.05, 0.1) is 6.61 Å². The molecule has 3 heterocycles. The van der Waals surface area contributed by atoms with Crippen LogP contribution in [-0.4, -0.2) is 49.8 Å². The summed E-state index contributed by atoms with van der Waals surface area (Å²) in [6.07, 6.45) is -4.70. The summed E-state index contributed by atoms with van der Waals surface area (Å²) in [5, 5.41) is 28.8. The number of ether oxygens (including phenoxy) is 1. The second-order valence-corrected chi connectivity index (χ2v) is 5.76. The molecule has 2 aliphatic heterocycles. The van der Waals surface area contributed by atoms with E-state index in [0.29, 0.717) is 22.8 Å². The van der Waals surface area contributed by atoms with Gasteiger partial charge in [-0.3, -0.25) is 14.3 Å². The summed E-state index contributed by atoms with van der Waals surface area (Å²) in [5.74, 6) is 0.945. The molecule has 1 aromatic rings. The van der Waals surface area contributed by atoms with Crippen LogP contribution in [0.15, 0.2) is 9.59 Å². The Labute approximate surface area is 117 Å². The summed E-state index contributed by atoms with van der Waals surface area (Å²) in [6, 6.07) is 0. The molecule has 0 radical (unpaired) electrons. The molecule has 0 aliphatic carbocycles. The lowest BCUT2D eigenvalue weighted by Crippen LogP contribution is -2.40. The Hall–Kier alpha value is -1.13. The second kappa shape index (κ2) is 5.01. The van der Waals surface area contributed by atoms with Crippen molar-refractivity contribution in [3.05, 3.63) is 32.1 Å². The first-order chi connectivity index (χ1) is 9.54. The molecule has 0 saturated carbocycles. The van der Waals surface area contributed by atoms with E-state index >= 15 is 0 Å². The minimum Gasteiger partial charge on any atom is -0.394 e. The highest BCUT2D eigenvalue weighted by molar-refractivity contribution is 7.98. The SMILES string of the molecule is O=c1[nH]c(=O)n([C@@H]2O[C@H](CO)[C@@H](O)[C@H]2O)c2c1CSC2. The maximum absolute atomic E-state index is 12.0. The molecule has 1 saturated heterocycles. The highest BCUT2D eigenvalue weighted by Crippen LogP contribution is 2.33. The number of aromatic nitrogens is 2. The molecule has 0 unspecified atom stereocenters. The largest absolute Gasteiger partial charge is 0.394 e. The second-order valence-electron chi connectivity index (χ2n) is 4.78. The lowest BCUT2D eigenvalue weighted by Gasteiger charge is -2.20. The molecule has 0 spiro atoms. The fraction of sp³-hybridized carbons (Fsp3) is 0.636. The van der Waals surface area contributed by atoms with Gasteiger partial charge in [-0.05, 0) is 0 Å². The topological polar surface area (TPSA) is 125 Å². The number of aliphatic hydroxyl groups is 3. The number of hydrogen-bond acceptors (Lipinski definition) is 7. The molecule has 1 aromatic heterocycles. The third kappa shape index (κ3) is 1.93. The molecule has 0 amide bonds. The lowest BCUT2D eigenvalue weighted by atomic mass is 10.1. The van der Waals surface area contributed by atoms with Gasteiger partial charge in [-0.25, -0.2) is 4.79 Å². The molecule has 2 aliphatic rings. The molecule has 8 nitrogen and oxygen atoms in total. The highest BCUT2D eigenvalue weighted by atomic mass is 32.2. The number of aromatic amines is 1. The monoisotopic (exact) mass is 302 g/mol. The van der Waals surface area contributed by atoms with Crippen molar-refractivity contribution in [2.24, 2.45) is 0 Å². The fourth-order valence-electron chi connectivity index (χ4n) is 2.55. The normalized spacial score (nSPS) is 32.5. The summed E-state index contributed by atoms with van der Waals surface area (Å²) in [5.41, 5.74) is -0.144. The first-order valence-electron chi connectivity index (χ1n) is 6.11. The predicted octanol–water partition coefficient (Wildman–Crippen LogP) is -2.11. The van der Waals surface area contributed by atoms with Crippen LogP contribution in [0.4, 0.5) is 0 Å². The zero-order valence-electron chi connectivity index (χ0n) is 10.4. The van der Waals surface area contributed by atoms with Crippen LogP contribution in [0.1, 0.15) is 17.5 Å². The Morgan fingerprint density at radius 1 is 1.30 bits per heavy atom. The van der Waals surface area contributed by atoms with Gasteiger partial charge in [-0.15, -0.1) is 0 Å². The Morgan fingerprint density at radius 3 is 2.70 bits per heavy atom. The molecule has 4 atom stereocenters. The average Bonchev–Trinajstić information content (AvgIpc) is 2.99. The number of thioether (sulfide) groups is 1. The van der Waals surface area contributed by atoms with Crippen LogP contribution in [0.3, 0.4) is 0 Å². The lowest BCUT2D eigenvalue weighted by molar-refractivity contribution is -0.0560. The van der Waals surface area contributed by atoms with Crippen molar-refractivity contribution in [1.29, 1.82) is 0 Å². The third-order valence-electron chi connectivity index (χ3n) is 3.61. The molecule has 110 valence electrons. The summed E-state index contributed by atoms with van der Waals surface area (Å²) < 4.78 is 6.52. The first kappa shape index (κ1) is 13.8. The van der Waals surface area contributed by atoms with Gasteiger partial charge in [0.2, 0.25) is 0 Å². The molecule has 3 rings (SSSR count). The number of fused-ring (bicyclic) bond motifs is 1. The molecule has 9 heteroatoms. The van der Waals surface area contributed by atoms with Crippen molar-refractivity contribution in [2.75, 3.05) is 6.61 Å². The van der Waals surface area contributed by atoms with Crippen LogP contribution in [0, 0.1) is 0 Å². The van der Waals surface area contributed by atoms with Gasteiger partial charge in [-0.1, -0.05) is 0 Å². The summed E-state index contributed by atoms with van der Waals surface area (Å²) >= 11 is 1.48. The van der Waals surface area contributed by atoms with Crippen molar-refractivity contribution < 1.29 is 20.1 Å². The van der Waals surface area contributed by atoms with E-state index in [1.54, 1.807) is 0 Å². The van der Waals surface area contributed by atoms with Gasteiger partial charge in [0, 0.05) is 22.8 Å². The Kier molecular flexibility index (Phi) is 3.46. The number of hydrogen-bond donors (Lipinski definition) is 4. The number of rotatable bonds is 2. The molecular weight excluding hydrogens is 288 g/mol. The van der Waals surface area contributed by atoms with Crippen LogP contribution in [0.2, 0.25) is 0 Å². The molecule has 0 bridgehead atoms. The van der Waals surface area contributed by atoms with Crippen molar-refractivity contribution in [3.63, 3.8) is 0 Å². The van der Waals surface area contributed by atoms with E-state index < -0.39 is 42.4 Å². The van der Waals surface area contributed by atoms with Crippen LogP contribution >= 0.6 is 11.8 Å². The van der Waals surface area contributed by atoms with Crippen molar-refractivity contribution in [1.82, 2.24) is 9.55 Å². The third-order valence-corrected chi connectivity index (χ3v) is 4.58. The number of nitrogens with one attached hydrogen (secondary N) is 1. The minimum atomic E-state index is -1.34. The minimum absolute atomic E-state index is 0.432. The van der Waals surface area contributed by atoms with Crippen molar-refractivity contribution in [3.8, 4) is 0 Å². The summed E-state index contributed by atoms with van der Waals surface area (Å²) in [7, 11) is 0. The van der Waals surface area contributed by atoms with Gasteiger partial charge in [0.15, 0.2) is 6.23 Å². The quantitative estimate of drug-likeness (QED) is 0.493. The van der Waals surface area contributed by atoms with E-state index in [1.165, 1.54) is 16.3 Å². The van der Waals surface area contributed by atoms with Crippen molar-refractivity contribution >= 4 is 11.8 Å². The standard InChI is InChI=1S/C11H14N2O6S/c14-1-6-7(15)8(16)10(19-6)13-5-3-20-2-4(5)9(17)12-11(13)18/h6-8,10,14-16H,1-3H2,(H,12,17,18)/t6-,7-,8-,10-/m1/s1. The molecule has 0 aromatic carbocycles. The first-order valence-corrected chi connectivity index (χ1v) is 7.27. The number of aliphatic hydroxyl groups excluding tert-OH is 3. The Morgan fingerprint density at radius 2 is 2.05 bits per heavy atom. The predicted molar refractivity (Wildman–Crippen MR) is 69.3 cm³/mol. The molecule has 20 heavy (non-hydrogen) atoms. The highest BCUT2D eigenvalue weighted by Gasteiger charge is 2.45. The number of H-pyrrole nitrogens is 1. The van der Waals surface area contributed by atoms with E-state index in [9.17, 15) is 19.8 Å². The Balaban J connectivity index is 2.10. The van der Waals surface area contributed by atoms with Crippen molar-refractivity contribution in [2.45, 2.75) is 36.0 Å². The summed E-state index contributed by atoms with van der Waals surface area (Å²) in [6.45, 7) is -0.468. The Bertz CT molecular complexity index is 641.